The fourth-order valence-electron chi connectivity index (χ4n) is 2.87. The monoisotopic (exact) mass is 344 g/mol. The van der Waals surface area contributed by atoms with Gasteiger partial charge in [-0.2, -0.15) is 0 Å². The van der Waals surface area contributed by atoms with Gasteiger partial charge in [-0.15, -0.1) is 10.2 Å². The molecule has 0 spiro atoms. The molecule has 0 bridgehead atoms. The van der Waals surface area contributed by atoms with Gasteiger partial charge in [-0.1, -0.05) is 42.3 Å². The fraction of sp³-hybridized carbons (Fsp3) is 0.176. The zero-order valence-electron chi connectivity index (χ0n) is 12.4. The van der Waals surface area contributed by atoms with Gasteiger partial charge in [0.15, 0.2) is 5.82 Å². The summed E-state index contributed by atoms with van der Waals surface area (Å²) in [5.74, 6) is 1.93. The van der Waals surface area contributed by atoms with E-state index in [1.165, 1.54) is 0 Å². The topological polar surface area (TPSA) is 42.7 Å². The summed E-state index contributed by atoms with van der Waals surface area (Å²) in [5, 5.41) is 13.7. The van der Waals surface area contributed by atoms with E-state index in [1.54, 1.807) is 0 Å². The Morgan fingerprint density at radius 1 is 1.09 bits per heavy atom. The number of fused-ring (bicyclic) bond motifs is 3. The Balaban J connectivity index is 1.99. The molecule has 4 rings (SSSR count). The van der Waals surface area contributed by atoms with Gasteiger partial charge in [-0.3, -0.25) is 4.57 Å². The maximum Gasteiger partial charge on any atom is 0.168 e. The summed E-state index contributed by atoms with van der Waals surface area (Å²) < 4.78 is 2.09. The zero-order valence-corrected chi connectivity index (χ0v) is 13.9. The van der Waals surface area contributed by atoms with Crippen molar-refractivity contribution in [3.63, 3.8) is 0 Å². The smallest absolute Gasteiger partial charge is 0.168 e. The summed E-state index contributed by atoms with van der Waals surface area (Å²) in [5.41, 5.74) is 2.91. The number of anilines is 1. The second-order valence-corrected chi connectivity index (χ2v) is 6.54. The standard InChI is InChI=1S/C17H14Cl2N4/c1-10-9-20-14-8-13(19)5-6-15(14)23-16(10)21-22-17(23)11-3-2-4-12(18)7-11/h2-8,10,20H,9H2,1H3/t10-/m0/s1. The van der Waals surface area contributed by atoms with E-state index in [1.807, 2.05) is 42.5 Å². The van der Waals surface area contributed by atoms with Crippen molar-refractivity contribution in [2.75, 3.05) is 11.9 Å². The molecule has 0 aliphatic carbocycles. The zero-order chi connectivity index (χ0) is 16.0. The average Bonchev–Trinajstić information content (AvgIpc) is 2.92. The average molecular weight is 345 g/mol. The molecule has 1 aliphatic heterocycles. The molecule has 116 valence electrons. The van der Waals surface area contributed by atoms with Crippen LogP contribution in [0.15, 0.2) is 42.5 Å². The maximum absolute atomic E-state index is 6.15. The minimum atomic E-state index is 0.224. The van der Waals surface area contributed by atoms with Crippen molar-refractivity contribution in [3.8, 4) is 17.1 Å². The Bertz CT molecular complexity index is 888. The molecule has 0 fully saturated rings. The molecule has 0 radical (unpaired) electrons. The van der Waals surface area contributed by atoms with Gasteiger partial charge < -0.3 is 5.32 Å². The summed E-state index contributed by atoms with van der Waals surface area (Å²) in [6, 6.07) is 13.5. The number of hydrogen-bond donors (Lipinski definition) is 1. The number of hydrogen-bond acceptors (Lipinski definition) is 3. The summed E-state index contributed by atoms with van der Waals surface area (Å²) >= 11 is 12.3. The molecule has 1 aromatic heterocycles. The largest absolute Gasteiger partial charge is 0.383 e. The molecule has 0 saturated heterocycles. The van der Waals surface area contributed by atoms with Crippen molar-refractivity contribution in [2.24, 2.45) is 0 Å². The molecule has 0 unspecified atom stereocenters. The van der Waals surface area contributed by atoms with Crippen LogP contribution in [-0.4, -0.2) is 21.3 Å². The van der Waals surface area contributed by atoms with Crippen molar-refractivity contribution in [3.05, 3.63) is 58.3 Å². The Kier molecular flexibility index (Phi) is 3.51. The number of nitrogens with one attached hydrogen (secondary N) is 1. The first-order valence-corrected chi connectivity index (χ1v) is 8.14. The van der Waals surface area contributed by atoms with E-state index in [0.29, 0.717) is 10.0 Å². The summed E-state index contributed by atoms with van der Waals surface area (Å²) in [6.07, 6.45) is 0. The van der Waals surface area contributed by atoms with Crippen LogP contribution in [-0.2, 0) is 0 Å². The third kappa shape index (κ3) is 2.48. The first-order chi connectivity index (χ1) is 11.1. The van der Waals surface area contributed by atoms with Gasteiger partial charge in [0.05, 0.1) is 11.4 Å². The third-order valence-corrected chi connectivity index (χ3v) is 4.48. The van der Waals surface area contributed by atoms with Crippen LogP contribution in [0.5, 0.6) is 0 Å². The lowest BCUT2D eigenvalue weighted by Crippen LogP contribution is -2.09. The summed E-state index contributed by atoms with van der Waals surface area (Å²) in [4.78, 5) is 0. The molecule has 0 saturated carbocycles. The van der Waals surface area contributed by atoms with Crippen LogP contribution in [0.2, 0.25) is 10.0 Å². The lowest BCUT2D eigenvalue weighted by Gasteiger charge is -2.12. The molecule has 1 N–H and O–H groups in total. The SMILES string of the molecule is C[C@H]1CNc2cc(Cl)ccc2-n2c(-c3cccc(Cl)c3)nnc21. The third-order valence-electron chi connectivity index (χ3n) is 4.01. The van der Waals surface area contributed by atoms with E-state index >= 15 is 0 Å². The fourth-order valence-corrected chi connectivity index (χ4v) is 3.23. The summed E-state index contributed by atoms with van der Waals surface area (Å²) in [6.45, 7) is 2.91. The lowest BCUT2D eigenvalue weighted by molar-refractivity contribution is 0.725. The molecule has 0 amide bonds. The first-order valence-electron chi connectivity index (χ1n) is 7.38. The number of aromatic nitrogens is 3. The molecule has 6 heteroatoms. The number of rotatable bonds is 1. The van der Waals surface area contributed by atoms with Crippen molar-refractivity contribution in [1.29, 1.82) is 0 Å². The summed E-state index contributed by atoms with van der Waals surface area (Å²) in [7, 11) is 0. The van der Waals surface area contributed by atoms with Crippen molar-refractivity contribution < 1.29 is 0 Å². The molecule has 2 heterocycles. The van der Waals surface area contributed by atoms with Gasteiger partial charge >= 0.3 is 0 Å². The Hall–Kier alpha value is -2.04. The lowest BCUT2D eigenvalue weighted by atomic mass is 10.1. The van der Waals surface area contributed by atoms with E-state index in [2.05, 4.69) is 27.0 Å². The van der Waals surface area contributed by atoms with Gasteiger partial charge in [-0.25, -0.2) is 0 Å². The van der Waals surface area contributed by atoms with E-state index in [0.717, 1.165) is 35.1 Å². The molecule has 1 atom stereocenters. The Labute approximate surface area is 144 Å². The van der Waals surface area contributed by atoms with Gasteiger partial charge in [0, 0.05) is 28.1 Å². The van der Waals surface area contributed by atoms with Crippen LogP contribution < -0.4 is 5.32 Å². The molecule has 1 aliphatic rings. The highest BCUT2D eigenvalue weighted by Gasteiger charge is 2.25. The molecule has 3 aromatic rings. The van der Waals surface area contributed by atoms with E-state index in [-0.39, 0.29) is 5.92 Å². The maximum atomic E-state index is 6.15. The predicted molar refractivity (Wildman–Crippen MR) is 93.7 cm³/mol. The van der Waals surface area contributed by atoms with Crippen LogP contribution in [0.1, 0.15) is 18.7 Å². The second-order valence-electron chi connectivity index (χ2n) is 5.67. The number of halogens is 2. The van der Waals surface area contributed by atoms with Crippen LogP contribution in [0.25, 0.3) is 17.1 Å². The van der Waals surface area contributed by atoms with Gasteiger partial charge in [0.25, 0.3) is 0 Å². The second kappa shape index (κ2) is 5.55. The molecule has 4 nitrogen and oxygen atoms in total. The molecular weight excluding hydrogens is 331 g/mol. The quantitative estimate of drug-likeness (QED) is 0.691. The Morgan fingerprint density at radius 3 is 2.74 bits per heavy atom. The van der Waals surface area contributed by atoms with Crippen molar-refractivity contribution in [2.45, 2.75) is 12.8 Å². The van der Waals surface area contributed by atoms with Crippen LogP contribution in [0, 0.1) is 0 Å². The molecule has 23 heavy (non-hydrogen) atoms. The van der Waals surface area contributed by atoms with E-state index in [9.17, 15) is 0 Å². The van der Waals surface area contributed by atoms with Gasteiger partial charge in [-0.05, 0) is 30.3 Å². The van der Waals surface area contributed by atoms with E-state index in [4.69, 9.17) is 23.2 Å². The number of benzene rings is 2. The van der Waals surface area contributed by atoms with Crippen LogP contribution in [0.3, 0.4) is 0 Å². The van der Waals surface area contributed by atoms with E-state index < -0.39 is 0 Å². The van der Waals surface area contributed by atoms with Gasteiger partial charge in [0.1, 0.15) is 5.82 Å². The predicted octanol–water partition coefficient (Wildman–Crippen LogP) is 4.77. The van der Waals surface area contributed by atoms with Crippen molar-refractivity contribution in [1.82, 2.24) is 14.8 Å². The Morgan fingerprint density at radius 2 is 1.91 bits per heavy atom. The normalized spacial score (nSPS) is 16.2. The number of nitrogens with zero attached hydrogens (tertiary/aromatic N) is 3. The van der Waals surface area contributed by atoms with Crippen LogP contribution in [0.4, 0.5) is 5.69 Å². The first kappa shape index (κ1) is 14.5. The minimum Gasteiger partial charge on any atom is -0.383 e. The molecular formula is C17H14Cl2N4. The highest BCUT2D eigenvalue weighted by Crippen LogP contribution is 2.35. The molecule has 2 aromatic carbocycles. The van der Waals surface area contributed by atoms with Crippen LogP contribution >= 0.6 is 23.2 Å². The van der Waals surface area contributed by atoms with Crippen molar-refractivity contribution >= 4 is 28.9 Å². The minimum absolute atomic E-state index is 0.224. The van der Waals surface area contributed by atoms with Gasteiger partial charge in [0.2, 0.25) is 0 Å². The highest BCUT2D eigenvalue weighted by atomic mass is 35.5. The highest BCUT2D eigenvalue weighted by molar-refractivity contribution is 6.31.